The number of rotatable bonds is 2. The van der Waals surface area contributed by atoms with Crippen LogP contribution in [0.3, 0.4) is 0 Å². The van der Waals surface area contributed by atoms with Gasteiger partial charge in [-0.3, -0.25) is 0 Å². The monoisotopic (exact) mass is 205 g/mol. The van der Waals surface area contributed by atoms with E-state index in [9.17, 15) is 5.11 Å². The molecule has 2 atom stereocenters. The van der Waals surface area contributed by atoms with Gasteiger partial charge >= 0.3 is 0 Å². The molecule has 2 rings (SSSR count). The molecule has 0 saturated carbocycles. The van der Waals surface area contributed by atoms with Crippen molar-refractivity contribution in [3.8, 4) is 0 Å². The molecular formula is C13H19NO. The van der Waals surface area contributed by atoms with E-state index in [1.165, 1.54) is 5.56 Å². The molecule has 1 aliphatic carbocycles. The van der Waals surface area contributed by atoms with Crippen molar-refractivity contribution in [2.24, 2.45) is 5.92 Å². The van der Waals surface area contributed by atoms with E-state index in [4.69, 9.17) is 0 Å². The van der Waals surface area contributed by atoms with Gasteiger partial charge in [0.2, 0.25) is 0 Å². The van der Waals surface area contributed by atoms with Crippen molar-refractivity contribution in [2.75, 3.05) is 20.6 Å². The number of nitrogens with zero attached hydrogens (tertiary/aromatic N) is 1. The van der Waals surface area contributed by atoms with Gasteiger partial charge in [0, 0.05) is 12.5 Å². The first-order valence-electron chi connectivity index (χ1n) is 5.59. The first-order valence-corrected chi connectivity index (χ1v) is 5.59. The fourth-order valence-corrected chi connectivity index (χ4v) is 2.46. The van der Waals surface area contributed by atoms with Crippen LogP contribution in [0.4, 0.5) is 0 Å². The number of aliphatic hydroxyl groups excluding tert-OH is 1. The SMILES string of the molecule is CN(C)C[C@H]1CCc2ccccc2[C@@H]1O. The summed E-state index contributed by atoms with van der Waals surface area (Å²) in [5.74, 6) is 0.384. The standard InChI is InChI=1S/C13H19NO/c1-14(2)9-11-8-7-10-5-3-4-6-12(10)13(11)15/h3-6,11,13,15H,7-9H2,1-2H3/t11-,13-/m1/s1. The van der Waals surface area contributed by atoms with Crippen LogP contribution in [0.1, 0.15) is 23.7 Å². The predicted octanol–water partition coefficient (Wildman–Crippen LogP) is 1.84. The molecule has 0 bridgehead atoms. The summed E-state index contributed by atoms with van der Waals surface area (Å²) >= 11 is 0. The summed E-state index contributed by atoms with van der Waals surface area (Å²) in [7, 11) is 4.13. The number of hydrogen-bond donors (Lipinski definition) is 1. The van der Waals surface area contributed by atoms with Crippen molar-refractivity contribution in [1.29, 1.82) is 0 Å². The van der Waals surface area contributed by atoms with Crippen LogP contribution >= 0.6 is 0 Å². The van der Waals surface area contributed by atoms with Crippen molar-refractivity contribution >= 4 is 0 Å². The van der Waals surface area contributed by atoms with Crippen LogP contribution in [0.15, 0.2) is 24.3 Å². The third kappa shape index (κ3) is 2.21. The van der Waals surface area contributed by atoms with Gasteiger partial charge in [-0.2, -0.15) is 0 Å². The Morgan fingerprint density at radius 2 is 2.07 bits per heavy atom. The zero-order valence-corrected chi connectivity index (χ0v) is 9.48. The molecule has 2 heteroatoms. The fourth-order valence-electron chi connectivity index (χ4n) is 2.46. The second-order valence-corrected chi connectivity index (χ2v) is 4.70. The van der Waals surface area contributed by atoms with Gasteiger partial charge in [-0.1, -0.05) is 24.3 Å². The molecule has 0 fully saturated rings. The average Bonchev–Trinajstić information content (AvgIpc) is 2.22. The Labute approximate surface area is 91.5 Å². The Kier molecular flexibility index (Phi) is 3.08. The third-order valence-electron chi connectivity index (χ3n) is 3.20. The van der Waals surface area contributed by atoms with Gasteiger partial charge in [-0.25, -0.2) is 0 Å². The van der Waals surface area contributed by atoms with Gasteiger partial charge in [0.05, 0.1) is 6.10 Å². The number of aliphatic hydroxyl groups is 1. The second-order valence-electron chi connectivity index (χ2n) is 4.70. The van der Waals surface area contributed by atoms with Crippen LogP contribution in [0.2, 0.25) is 0 Å². The second kappa shape index (κ2) is 4.33. The quantitative estimate of drug-likeness (QED) is 0.796. The molecule has 0 spiro atoms. The average molecular weight is 205 g/mol. The lowest BCUT2D eigenvalue weighted by Gasteiger charge is -2.31. The van der Waals surface area contributed by atoms with E-state index in [2.05, 4.69) is 37.2 Å². The summed E-state index contributed by atoms with van der Waals surface area (Å²) in [5, 5.41) is 10.2. The minimum atomic E-state index is -0.280. The minimum absolute atomic E-state index is 0.280. The highest BCUT2D eigenvalue weighted by molar-refractivity contribution is 5.31. The lowest BCUT2D eigenvalue weighted by molar-refractivity contribution is 0.0768. The summed E-state index contributed by atoms with van der Waals surface area (Å²) in [6.07, 6.45) is 1.92. The summed E-state index contributed by atoms with van der Waals surface area (Å²) in [6.45, 7) is 0.968. The highest BCUT2D eigenvalue weighted by Crippen LogP contribution is 2.34. The van der Waals surface area contributed by atoms with Crippen molar-refractivity contribution in [2.45, 2.75) is 18.9 Å². The van der Waals surface area contributed by atoms with Gasteiger partial charge in [-0.15, -0.1) is 0 Å². The Hall–Kier alpha value is -0.860. The van der Waals surface area contributed by atoms with E-state index in [1.54, 1.807) is 0 Å². The normalized spacial score (nSPS) is 25.3. The van der Waals surface area contributed by atoms with Gasteiger partial charge in [0.25, 0.3) is 0 Å². The fraction of sp³-hybridized carbons (Fsp3) is 0.538. The zero-order chi connectivity index (χ0) is 10.8. The maximum atomic E-state index is 10.2. The highest BCUT2D eigenvalue weighted by atomic mass is 16.3. The van der Waals surface area contributed by atoms with E-state index in [0.717, 1.165) is 24.9 Å². The molecule has 0 aromatic heterocycles. The smallest absolute Gasteiger partial charge is 0.0833 e. The Morgan fingerprint density at radius 1 is 1.33 bits per heavy atom. The van der Waals surface area contributed by atoms with Crippen LogP contribution in [-0.2, 0) is 6.42 Å². The first-order chi connectivity index (χ1) is 7.18. The molecule has 0 amide bonds. The molecule has 1 N–H and O–H groups in total. The molecule has 0 heterocycles. The minimum Gasteiger partial charge on any atom is -0.388 e. The molecular weight excluding hydrogens is 186 g/mol. The molecule has 1 aromatic rings. The van der Waals surface area contributed by atoms with Crippen LogP contribution < -0.4 is 0 Å². The highest BCUT2D eigenvalue weighted by Gasteiger charge is 2.27. The van der Waals surface area contributed by atoms with Gasteiger partial charge < -0.3 is 10.0 Å². The lowest BCUT2D eigenvalue weighted by Crippen LogP contribution is -2.30. The van der Waals surface area contributed by atoms with Crippen LogP contribution in [0.25, 0.3) is 0 Å². The van der Waals surface area contributed by atoms with Gasteiger partial charge in [0.15, 0.2) is 0 Å². The predicted molar refractivity (Wildman–Crippen MR) is 61.8 cm³/mol. The van der Waals surface area contributed by atoms with E-state index >= 15 is 0 Å². The summed E-state index contributed by atoms with van der Waals surface area (Å²) in [5.41, 5.74) is 2.45. The number of aryl methyl sites for hydroxylation is 1. The van der Waals surface area contributed by atoms with E-state index in [1.807, 2.05) is 6.07 Å². The molecule has 15 heavy (non-hydrogen) atoms. The molecule has 82 valence electrons. The van der Waals surface area contributed by atoms with Gasteiger partial charge in [0.1, 0.15) is 0 Å². The van der Waals surface area contributed by atoms with E-state index in [0.29, 0.717) is 5.92 Å². The van der Waals surface area contributed by atoms with Crippen molar-refractivity contribution in [3.05, 3.63) is 35.4 Å². The van der Waals surface area contributed by atoms with E-state index < -0.39 is 0 Å². The topological polar surface area (TPSA) is 23.5 Å². The van der Waals surface area contributed by atoms with Crippen LogP contribution in [-0.4, -0.2) is 30.6 Å². The molecule has 1 aliphatic rings. The molecule has 0 saturated heterocycles. The number of benzene rings is 1. The van der Waals surface area contributed by atoms with Gasteiger partial charge in [-0.05, 0) is 38.1 Å². The van der Waals surface area contributed by atoms with E-state index in [-0.39, 0.29) is 6.10 Å². The van der Waals surface area contributed by atoms with Crippen molar-refractivity contribution in [3.63, 3.8) is 0 Å². The maximum absolute atomic E-state index is 10.2. The molecule has 0 aliphatic heterocycles. The first kappa shape index (κ1) is 10.7. The van der Waals surface area contributed by atoms with Crippen LogP contribution in [0, 0.1) is 5.92 Å². The summed E-state index contributed by atoms with van der Waals surface area (Å²) in [4.78, 5) is 2.15. The number of hydrogen-bond acceptors (Lipinski definition) is 2. The lowest BCUT2D eigenvalue weighted by atomic mass is 9.81. The molecule has 0 unspecified atom stereocenters. The van der Waals surface area contributed by atoms with Crippen molar-refractivity contribution < 1.29 is 5.11 Å². The summed E-state index contributed by atoms with van der Waals surface area (Å²) in [6, 6.07) is 8.25. The van der Waals surface area contributed by atoms with Crippen molar-refractivity contribution in [1.82, 2.24) is 4.90 Å². The summed E-state index contributed by atoms with van der Waals surface area (Å²) < 4.78 is 0. The maximum Gasteiger partial charge on any atom is 0.0833 e. The largest absolute Gasteiger partial charge is 0.388 e. The molecule has 2 nitrogen and oxygen atoms in total. The molecule has 0 radical (unpaired) electrons. The zero-order valence-electron chi connectivity index (χ0n) is 9.48. The van der Waals surface area contributed by atoms with Crippen LogP contribution in [0.5, 0.6) is 0 Å². The molecule has 1 aromatic carbocycles. The third-order valence-corrected chi connectivity index (χ3v) is 3.20. The Bertz CT molecular complexity index is 335. The Balaban J connectivity index is 2.18. The Morgan fingerprint density at radius 3 is 2.80 bits per heavy atom. The number of fused-ring (bicyclic) bond motifs is 1.